The zero-order valence-electron chi connectivity index (χ0n) is 12.4. The highest BCUT2D eigenvalue weighted by atomic mass is 16.6. The Bertz CT molecular complexity index is 396. The number of nitrogens with zero attached hydrogens (tertiary/aromatic N) is 1. The van der Waals surface area contributed by atoms with Crippen LogP contribution in [0.1, 0.15) is 33.6 Å². The number of likely N-dealkylation sites (tertiary alicyclic amines) is 1. The SMILES string of the molecule is CC(C)(C)OC(=O)N1CCC2(CCNC2)C(C(=O)O)C1. The maximum atomic E-state index is 12.1. The van der Waals surface area contributed by atoms with Crippen molar-refractivity contribution in [2.45, 2.75) is 39.2 Å². The molecule has 1 amide bonds. The van der Waals surface area contributed by atoms with Gasteiger partial charge in [-0.3, -0.25) is 4.79 Å². The third-order valence-corrected chi connectivity index (χ3v) is 4.25. The van der Waals surface area contributed by atoms with E-state index in [4.69, 9.17) is 4.74 Å². The largest absolute Gasteiger partial charge is 0.481 e. The zero-order chi connectivity index (χ0) is 15.0. The summed E-state index contributed by atoms with van der Waals surface area (Å²) in [6.45, 7) is 7.83. The zero-order valence-corrected chi connectivity index (χ0v) is 12.4. The molecule has 2 aliphatic heterocycles. The fraction of sp³-hybridized carbons (Fsp3) is 0.857. The molecule has 0 aromatic heterocycles. The van der Waals surface area contributed by atoms with Crippen molar-refractivity contribution in [3.8, 4) is 0 Å². The average molecular weight is 284 g/mol. The number of carboxylic acid groups (broad SMARTS) is 1. The third-order valence-electron chi connectivity index (χ3n) is 4.25. The predicted molar refractivity (Wildman–Crippen MR) is 73.5 cm³/mol. The first-order valence-corrected chi connectivity index (χ1v) is 7.15. The number of piperidine rings is 1. The monoisotopic (exact) mass is 284 g/mol. The Morgan fingerprint density at radius 2 is 2.05 bits per heavy atom. The maximum Gasteiger partial charge on any atom is 0.410 e. The lowest BCUT2D eigenvalue weighted by molar-refractivity contribution is -0.149. The predicted octanol–water partition coefficient (Wildman–Crippen LogP) is 1.31. The second kappa shape index (κ2) is 5.24. The molecule has 6 heteroatoms. The van der Waals surface area contributed by atoms with Gasteiger partial charge in [0.25, 0.3) is 0 Å². The van der Waals surface area contributed by atoms with Crippen LogP contribution in [0.2, 0.25) is 0 Å². The van der Waals surface area contributed by atoms with Crippen LogP contribution in [0.4, 0.5) is 4.79 Å². The topological polar surface area (TPSA) is 78.9 Å². The summed E-state index contributed by atoms with van der Waals surface area (Å²) in [5, 5.41) is 12.7. The molecule has 0 aromatic carbocycles. The van der Waals surface area contributed by atoms with Gasteiger partial charge in [0.15, 0.2) is 0 Å². The van der Waals surface area contributed by atoms with E-state index < -0.39 is 23.6 Å². The Balaban J connectivity index is 2.07. The van der Waals surface area contributed by atoms with Crippen molar-refractivity contribution in [1.82, 2.24) is 10.2 Å². The van der Waals surface area contributed by atoms with Crippen LogP contribution < -0.4 is 5.32 Å². The van der Waals surface area contributed by atoms with E-state index in [1.54, 1.807) is 0 Å². The molecule has 20 heavy (non-hydrogen) atoms. The molecule has 2 saturated heterocycles. The summed E-state index contributed by atoms with van der Waals surface area (Å²) in [6, 6.07) is 0. The minimum absolute atomic E-state index is 0.204. The molecule has 0 aliphatic carbocycles. The van der Waals surface area contributed by atoms with Gasteiger partial charge < -0.3 is 20.1 Å². The summed E-state index contributed by atoms with van der Waals surface area (Å²) in [6.07, 6.45) is 1.17. The van der Waals surface area contributed by atoms with Crippen molar-refractivity contribution in [2.75, 3.05) is 26.2 Å². The minimum atomic E-state index is -0.818. The van der Waals surface area contributed by atoms with Crippen molar-refractivity contribution in [3.05, 3.63) is 0 Å². The van der Waals surface area contributed by atoms with E-state index in [0.29, 0.717) is 6.54 Å². The molecule has 0 bridgehead atoms. The van der Waals surface area contributed by atoms with E-state index >= 15 is 0 Å². The van der Waals surface area contributed by atoms with Crippen LogP contribution >= 0.6 is 0 Å². The molecule has 2 N–H and O–H groups in total. The fourth-order valence-electron chi connectivity index (χ4n) is 3.14. The molecule has 2 unspecified atom stereocenters. The van der Waals surface area contributed by atoms with Crippen molar-refractivity contribution in [3.63, 3.8) is 0 Å². The van der Waals surface area contributed by atoms with Gasteiger partial charge in [-0.25, -0.2) is 4.79 Å². The van der Waals surface area contributed by atoms with Gasteiger partial charge in [-0.15, -0.1) is 0 Å². The molecule has 2 rings (SSSR count). The Labute approximate surface area is 119 Å². The van der Waals surface area contributed by atoms with Gasteiger partial charge in [0.05, 0.1) is 5.92 Å². The molecule has 2 aliphatic rings. The maximum absolute atomic E-state index is 12.1. The first-order valence-electron chi connectivity index (χ1n) is 7.15. The number of hydrogen-bond acceptors (Lipinski definition) is 4. The summed E-state index contributed by atoms with van der Waals surface area (Å²) in [5.41, 5.74) is -0.760. The van der Waals surface area contributed by atoms with E-state index in [1.165, 1.54) is 4.90 Å². The van der Waals surface area contributed by atoms with E-state index in [0.717, 1.165) is 25.9 Å². The highest BCUT2D eigenvalue weighted by molar-refractivity contribution is 5.74. The lowest BCUT2D eigenvalue weighted by Gasteiger charge is -2.43. The smallest absolute Gasteiger partial charge is 0.410 e. The first kappa shape index (κ1) is 15.1. The molecule has 114 valence electrons. The van der Waals surface area contributed by atoms with E-state index in [2.05, 4.69) is 5.32 Å². The number of amides is 1. The van der Waals surface area contributed by atoms with Gasteiger partial charge in [0, 0.05) is 25.0 Å². The second-order valence-electron chi connectivity index (χ2n) is 6.86. The first-order chi connectivity index (χ1) is 9.23. The van der Waals surface area contributed by atoms with Crippen molar-refractivity contribution >= 4 is 12.1 Å². The summed E-state index contributed by atoms with van der Waals surface area (Å²) in [5.74, 6) is -1.33. The van der Waals surface area contributed by atoms with Crippen LogP contribution in [0.15, 0.2) is 0 Å². The normalized spacial score (nSPS) is 30.6. The third kappa shape index (κ3) is 3.06. The van der Waals surface area contributed by atoms with Crippen LogP contribution in [0.25, 0.3) is 0 Å². The summed E-state index contributed by atoms with van der Waals surface area (Å²) in [4.78, 5) is 25.2. The van der Waals surface area contributed by atoms with Crippen molar-refractivity contribution < 1.29 is 19.4 Å². The van der Waals surface area contributed by atoms with Gasteiger partial charge >= 0.3 is 12.1 Å². The van der Waals surface area contributed by atoms with E-state index in [-0.39, 0.29) is 12.0 Å². The van der Waals surface area contributed by atoms with Crippen LogP contribution in [-0.2, 0) is 9.53 Å². The van der Waals surface area contributed by atoms with E-state index in [1.807, 2.05) is 20.8 Å². The Kier molecular flexibility index (Phi) is 3.95. The van der Waals surface area contributed by atoms with Crippen LogP contribution in [0.3, 0.4) is 0 Å². The quantitative estimate of drug-likeness (QED) is 0.759. The van der Waals surface area contributed by atoms with Crippen molar-refractivity contribution in [1.29, 1.82) is 0 Å². The number of carboxylic acids is 1. The highest BCUT2D eigenvalue weighted by Crippen LogP contribution is 2.42. The summed E-state index contributed by atoms with van der Waals surface area (Å²) in [7, 11) is 0. The molecule has 0 radical (unpaired) electrons. The number of carbonyl (C=O) groups excluding carboxylic acids is 1. The average Bonchev–Trinajstić information content (AvgIpc) is 2.76. The van der Waals surface area contributed by atoms with Crippen LogP contribution in [0, 0.1) is 11.3 Å². The molecular formula is C14H24N2O4. The summed E-state index contributed by atoms with van der Waals surface area (Å²) < 4.78 is 5.33. The molecule has 0 saturated carbocycles. The van der Waals surface area contributed by atoms with E-state index in [9.17, 15) is 14.7 Å². The Morgan fingerprint density at radius 1 is 1.35 bits per heavy atom. The van der Waals surface area contributed by atoms with Crippen molar-refractivity contribution in [2.24, 2.45) is 11.3 Å². The van der Waals surface area contributed by atoms with Crippen LogP contribution in [0.5, 0.6) is 0 Å². The molecule has 6 nitrogen and oxygen atoms in total. The minimum Gasteiger partial charge on any atom is -0.481 e. The molecule has 2 heterocycles. The van der Waals surface area contributed by atoms with Gasteiger partial charge in [-0.05, 0) is 40.2 Å². The number of nitrogens with one attached hydrogen (secondary N) is 1. The Morgan fingerprint density at radius 3 is 2.55 bits per heavy atom. The van der Waals surface area contributed by atoms with Gasteiger partial charge in [0.1, 0.15) is 5.60 Å². The second-order valence-corrected chi connectivity index (χ2v) is 6.86. The number of rotatable bonds is 1. The molecule has 2 fully saturated rings. The van der Waals surface area contributed by atoms with Gasteiger partial charge in [-0.2, -0.15) is 0 Å². The van der Waals surface area contributed by atoms with Gasteiger partial charge in [-0.1, -0.05) is 0 Å². The molecule has 1 spiro atoms. The lowest BCUT2D eigenvalue weighted by atomic mass is 9.69. The number of aliphatic carboxylic acids is 1. The molecular weight excluding hydrogens is 260 g/mol. The summed E-state index contributed by atoms with van der Waals surface area (Å²) >= 11 is 0. The van der Waals surface area contributed by atoms with Crippen LogP contribution in [-0.4, -0.2) is 53.8 Å². The number of carbonyl (C=O) groups is 2. The standard InChI is InChI=1S/C14H24N2O4/c1-13(2,3)20-12(19)16-7-5-14(4-6-15-9-14)10(8-16)11(17)18/h10,15H,4-9H2,1-3H3,(H,17,18). The molecule has 2 atom stereocenters. The number of ether oxygens (including phenoxy) is 1. The lowest BCUT2D eigenvalue weighted by Crippen LogP contribution is -2.53. The van der Waals surface area contributed by atoms with Gasteiger partial charge in [0.2, 0.25) is 0 Å². The molecule has 0 aromatic rings. The number of hydrogen-bond donors (Lipinski definition) is 2. The Hall–Kier alpha value is -1.30. The fourth-order valence-corrected chi connectivity index (χ4v) is 3.14. The highest BCUT2D eigenvalue weighted by Gasteiger charge is 2.49.